The molecule has 1 saturated heterocycles. The third-order valence-corrected chi connectivity index (χ3v) is 2.25. The van der Waals surface area contributed by atoms with E-state index in [1.807, 2.05) is 25.8 Å². The Morgan fingerprint density at radius 1 is 1.13 bits per heavy atom. The molecule has 0 unspecified atom stereocenters. The van der Waals surface area contributed by atoms with Gasteiger partial charge in [-0.15, -0.1) is 0 Å². The minimum Gasteiger partial charge on any atom is -0.332 e. The molecule has 2 N–H and O–H groups in total. The van der Waals surface area contributed by atoms with Gasteiger partial charge in [0.15, 0.2) is 0 Å². The maximum atomic E-state index is 11.5. The zero-order chi connectivity index (χ0) is 11.5. The molecule has 5 heteroatoms. The van der Waals surface area contributed by atoms with Crippen LogP contribution in [0.5, 0.6) is 0 Å². The SMILES string of the molecule is CN1CCN(NC(=O)NC(C)(C)C)CC1. The second-order valence-electron chi connectivity index (χ2n) is 5.11. The number of hydrazine groups is 1. The molecule has 1 fully saturated rings. The van der Waals surface area contributed by atoms with Crippen molar-refractivity contribution in [2.75, 3.05) is 33.2 Å². The van der Waals surface area contributed by atoms with Gasteiger partial charge in [-0.2, -0.15) is 0 Å². The van der Waals surface area contributed by atoms with Crippen molar-refractivity contribution in [3.8, 4) is 0 Å². The molecule has 0 saturated carbocycles. The molecule has 0 atom stereocenters. The Labute approximate surface area is 91.8 Å². The van der Waals surface area contributed by atoms with Crippen LogP contribution in [0.2, 0.25) is 0 Å². The Morgan fingerprint density at radius 3 is 2.13 bits per heavy atom. The highest BCUT2D eigenvalue weighted by Gasteiger charge is 2.18. The third kappa shape index (κ3) is 4.99. The lowest BCUT2D eigenvalue weighted by molar-refractivity contribution is 0.110. The van der Waals surface area contributed by atoms with E-state index in [4.69, 9.17) is 0 Å². The number of amides is 2. The van der Waals surface area contributed by atoms with Gasteiger partial charge in [-0.3, -0.25) is 5.43 Å². The van der Waals surface area contributed by atoms with Gasteiger partial charge in [-0.05, 0) is 27.8 Å². The Balaban J connectivity index is 2.27. The number of nitrogens with one attached hydrogen (secondary N) is 2. The van der Waals surface area contributed by atoms with Gasteiger partial charge in [-0.25, -0.2) is 9.80 Å². The summed E-state index contributed by atoms with van der Waals surface area (Å²) in [5.74, 6) is 0. The van der Waals surface area contributed by atoms with Crippen LogP contribution in [0, 0.1) is 0 Å². The van der Waals surface area contributed by atoms with Gasteiger partial charge in [0.2, 0.25) is 0 Å². The van der Waals surface area contributed by atoms with Gasteiger partial charge in [0.25, 0.3) is 0 Å². The normalized spacial score (nSPS) is 20.0. The number of carbonyl (C=O) groups excluding carboxylic acids is 1. The summed E-state index contributed by atoms with van der Waals surface area (Å²) in [6.45, 7) is 9.66. The van der Waals surface area contributed by atoms with Gasteiger partial charge >= 0.3 is 6.03 Å². The summed E-state index contributed by atoms with van der Waals surface area (Å²) in [7, 11) is 2.09. The monoisotopic (exact) mass is 214 g/mol. The molecule has 0 spiro atoms. The van der Waals surface area contributed by atoms with Crippen molar-refractivity contribution >= 4 is 6.03 Å². The quantitative estimate of drug-likeness (QED) is 0.657. The lowest BCUT2D eigenvalue weighted by atomic mass is 10.1. The Morgan fingerprint density at radius 2 is 1.67 bits per heavy atom. The van der Waals surface area contributed by atoms with Crippen LogP contribution in [-0.4, -0.2) is 54.7 Å². The summed E-state index contributed by atoms with van der Waals surface area (Å²) in [5, 5.41) is 4.83. The van der Waals surface area contributed by atoms with E-state index in [0.29, 0.717) is 0 Å². The van der Waals surface area contributed by atoms with E-state index in [9.17, 15) is 4.79 Å². The van der Waals surface area contributed by atoms with Crippen molar-refractivity contribution in [2.45, 2.75) is 26.3 Å². The van der Waals surface area contributed by atoms with Gasteiger partial charge in [0, 0.05) is 31.7 Å². The second kappa shape index (κ2) is 4.81. The van der Waals surface area contributed by atoms with Gasteiger partial charge in [0.1, 0.15) is 0 Å². The topological polar surface area (TPSA) is 47.6 Å². The van der Waals surface area contributed by atoms with Gasteiger partial charge in [-0.1, -0.05) is 0 Å². The maximum Gasteiger partial charge on any atom is 0.329 e. The molecule has 0 radical (unpaired) electrons. The molecule has 1 aliphatic heterocycles. The number of hydrogen-bond donors (Lipinski definition) is 2. The molecule has 1 heterocycles. The Hall–Kier alpha value is -0.810. The minimum atomic E-state index is -0.184. The summed E-state index contributed by atoms with van der Waals surface area (Å²) >= 11 is 0. The predicted molar refractivity (Wildman–Crippen MR) is 60.5 cm³/mol. The van der Waals surface area contributed by atoms with Crippen LogP contribution in [0.15, 0.2) is 0 Å². The molecule has 0 bridgehead atoms. The number of hydrogen-bond acceptors (Lipinski definition) is 3. The van der Waals surface area contributed by atoms with Crippen molar-refractivity contribution in [3.63, 3.8) is 0 Å². The summed E-state index contributed by atoms with van der Waals surface area (Å²) in [6.07, 6.45) is 0. The number of urea groups is 1. The van der Waals surface area contributed by atoms with Crippen molar-refractivity contribution < 1.29 is 4.79 Å². The van der Waals surface area contributed by atoms with Crippen LogP contribution in [0.1, 0.15) is 20.8 Å². The van der Waals surface area contributed by atoms with Gasteiger partial charge in [0.05, 0.1) is 0 Å². The smallest absolute Gasteiger partial charge is 0.329 e. The molecule has 0 aromatic carbocycles. The van der Waals surface area contributed by atoms with E-state index in [-0.39, 0.29) is 11.6 Å². The van der Waals surface area contributed by atoms with Crippen molar-refractivity contribution in [1.29, 1.82) is 0 Å². The molecule has 0 aromatic rings. The fourth-order valence-electron chi connectivity index (χ4n) is 1.43. The number of carbonyl (C=O) groups is 1. The van der Waals surface area contributed by atoms with Crippen LogP contribution in [-0.2, 0) is 0 Å². The Bertz CT molecular complexity index is 216. The Kier molecular flexibility index (Phi) is 3.93. The average molecular weight is 214 g/mol. The standard InChI is InChI=1S/C10H22N4O/c1-10(2,3)11-9(15)12-14-7-5-13(4)6-8-14/h5-8H2,1-4H3,(H2,11,12,15). The lowest BCUT2D eigenvalue weighted by Gasteiger charge is -2.33. The van der Waals surface area contributed by atoms with Crippen LogP contribution in [0.25, 0.3) is 0 Å². The summed E-state index contributed by atoms with van der Waals surface area (Å²) < 4.78 is 0. The number of rotatable bonds is 1. The van der Waals surface area contributed by atoms with E-state index in [1.54, 1.807) is 0 Å². The minimum absolute atomic E-state index is 0.118. The zero-order valence-electron chi connectivity index (χ0n) is 10.1. The molecule has 1 rings (SSSR count). The molecular weight excluding hydrogens is 192 g/mol. The fourth-order valence-corrected chi connectivity index (χ4v) is 1.43. The van der Waals surface area contributed by atoms with Crippen LogP contribution >= 0.6 is 0 Å². The molecule has 1 aliphatic rings. The molecule has 15 heavy (non-hydrogen) atoms. The summed E-state index contributed by atoms with van der Waals surface area (Å²) in [5.41, 5.74) is 2.67. The highest BCUT2D eigenvalue weighted by molar-refractivity contribution is 5.74. The van der Waals surface area contributed by atoms with Crippen LogP contribution < -0.4 is 10.7 Å². The first-order chi connectivity index (χ1) is 6.87. The summed E-state index contributed by atoms with van der Waals surface area (Å²) in [6, 6.07) is -0.118. The largest absolute Gasteiger partial charge is 0.332 e. The number of piperazine rings is 1. The van der Waals surface area contributed by atoms with E-state index in [1.165, 1.54) is 0 Å². The highest BCUT2D eigenvalue weighted by Crippen LogP contribution is 1.99. The molecule has 2 amide bonds. The van der Waals surface area contributed by atoms with Crippen molar-refractivity contribution in [1.82, 2.24) is 20.7 Å². The van der Waals surface area contributed by atoms with Crippen molar-refractivity contribution in [3.05, 3.63) is 0 Å². The average Bonchev–Trinajstić information content (AvgIpc) is 2.05. The molecule has 5 nitrogen and oxygen atoms in total. The summed E-state index contributed by atoms with van der Waals surface area (Å²) in [4.78, 5) is 13.8. The van der Waals surface area contributed by atoms with E-state index in [0.717, 1.165) is 26.2 Å². The molecular formula is C10H22N4O. The highest BCUT2D eigenvalue weighted by atomic mass is 16.2. The molecule has 88 valence electrons. The van der Waals surface area contributed by atoms with Crippen LogP contribution in [0.4, 0.5) is 4.79 Å². The third-order valence-electron chi connectivity index (χ3n) is 2.25. The van der Waals surface area contributed by atoms with E-state index < -0.39 is 0 Å². The molecule has 0 aliphatic carbocycles. The molecule has 0 aromatic heterocycles. The number of nitrogens with zero attached hydrogens (tertiary/aromatic N) is 2. The van der Waals surface area contributed by atoms with Crippen LogP contribution in [0.3, 0.4) is 0 Å². The van der Waals surface area contributed by atoms with E-state index in [2.05, 4.69) is 22.7 Å². The number of likely N-dealkylation sites (N-methyl/N-ethyl adjacent to an activating group) is 1. The maximum absolute atomic E-state index is 11.5. The van der Waals surface area contributed by atoms with Gasteiger partial charge < -0.3 is 10.2 Å². The first-order valence-electron chi connectivity index (χ1n) is 5.39. The first-order valence-corrected chi connectivity index (χ1v) is 5.39. The first kappa shape index (κ1) is 12.3. The van der Waals surface area contributed by atoms with E-state index >= 15 is 0 Å². The zero-order valence-corrected chi connectivity index (χ0v) is 10.1. The van der Waals surface area contributed by atoms with Crippen molar-refractivity contribution in [2.24, 2.45) is 0 Å². The second-order valence-corrected chi connectivity index (χ2v) is 5.11. The predicted octanol–water partition coefficient (Wildman–Crippen LogP) is 0.247. The lowest BCUT2D eigenvalue weighted by Crippen LogP contribution is -2.57. The fraction of sp³-hybridized carbons (Fsp3) is 0.900.